The van der Waals surface area contributed by atoms with Crippen molar-refractivity contribution < 1.29 is 8.78 Å². The van der Waals surface area contributed by atoms with Crippen molar-refractivity contribution in [3.63, 3.8) is 0 Å². The number of anilines is 1. The summed E-state index contributed by atoms with van der Waals surface area (Å²) in [6, 6.07) is 3.60. The van der Waals surface area contributed by atoms with E-state index in [4.69, 9.17) is 0 Å². The third-order valence-corrected chi connectivity index (χ3v) is 4.30. The third kappa shape index (κ3) is 3.00. The van der Waals surface area contributed by atoms with Crippen LogP contribution < -0.4 is 5.32 Å². The number of fused-ring (bicyclic) bond motifs is 1. The molecule has 0 saturated heterocycles. The molecule has 0 unspecified atom stereocenters. The van der Waals surface area contributed by atoms with Crippen LogP contribution in [0, 0.1) is 11.6 Å². The van der Waals surface area contributed by atoms with Crippen molar-refractivity contribution in [1.29, 1.82) is 0 Å². The lowest BCUT2D eigenvalue weighted by molar-refractivity contribution is 0.573. The van der Waals surface area contributed by atoms with Gasteiger partial charge in [-0.3, -0.25) is 0 Å². The molecule has 0 fully saturated rings. The topological polar surface area (TPSA) is 37.8 Å². The molecule has 1 aromatic carbocycles. The minimum absolute atomic E-state index is 0.266. The first-order valence-corrected chi connectivity index (χ1v) is 7.97. The van der Waals surface area contributed by atoms with E-state index >= 15 is 0 Å². The van der Waals surface area contributed by atoms with Gasteiger partial charge in [-0.1, -0.05) is 6.07 Å². The number of hydrogen-bond acceptors (Lipinski definition) is 4. The minimum atomic E-state index is -0.573. The van der Waals surface area contributed by atoms with Crippen LogP contribution in [0.5, 0.6) is 0 Å². The fraction of sp³-hybridized carbons (Fsp3) is 0.333. The van der Waals surface area contributed by atoms with Gasteiger partial charge in [0.25, 0.3) is 0 Å². The summed E-state index contributed by atoms with van der Waals surface area (Å²) < 4.78 is 26.7. The lowest BCUT2D eigenvalue weighted by atomic mass is 10.1. The van der Waals surface area contributed by atoms with E-state index in [1.54, 1.807) is 11.8 Å². The van der Waals surface area contributed by atoms with Gasteiger partial charge in [-0.2, -0.15) is 11.8 Å². The first kappa shape index (κ1) is 14.3. The highest BCUT2D eigenvalue weighted by Gasteiger charge is 2.20. The van der Waals surface area contributed by atoms with Crippen LogP contribution in [0.2, 0.25) is 0 Å². The van der Waals surface area contributed by atoms with Gasteiger partial charge in [0.15, 0.2) is 0 Å². The maximum atomic E-state index is 13.7. The summed E-state index contributed by atoms with van der Waals surface area (Å²) in [5.41, 5.74) is 2.57. The smallest absolute Gasteiger partial charge is 0.135 e. The number of benzene rings is 1. The largest absolute Gasteiger partial charge is 0.370 e. The molecular weight excluding hydrogens is 292 g/mol. The Bertz CT molecular complexity index is 676. The summed E-state index contributed by atoms with van der Waals surface area (Å²) >= 11 is 1.80. The van der Waals surface area contributed by atoms with Gasteiger partial charge in [0, 0.05) is 36.1 Å². The van der Waals surface area contributed by atoms with E-state index in [-0.39, 0.29) is 6.42 Å². The summed E-state index contributed by atoms with van der Waals surface area (Å²) in [7, 11) is 0. The van der Waals surface area contributed by atoms with E-state index in [0.29, 0.717) is 11.4 Å². The molecule has 0 atom stereocenters. The van der Waals surface area contributed by atoms with E-state index in [0.717, 1.165) is 41.2 Å². The Morgan fingerprint density at radius 1 is 1.24 bits per heavy atom. The Balaban J connectivity index is 1.93. The van der Waals surface area contributed by atoms with E-state index in [1.165, 1.54) is 12.1 Å². The number of aromatic nitrogens is 2. The predicted molar refractivity (Wildman–Crippen MR) is 80.4 cm³/mol. The molecule has 1 aliphatic heterocycles. The van der Waals surface area contributed by atoms with Crippen molar-refractivity contribution in [2.45, 2.75) is 24.9 Å². The van der Waals surface area contributed by atoms with Gasteiger partial charge in [-0.25, -0.2) is 18.7 Å². The first-order valence-electron chi connectivity index (χ1n) is 6.81. The van der Waals surface area contributed by atoms with Gasteiger partial charge in [0.1, 0.15) is 23.3 Å². The molecule has 0 radical (unpaired) electrons. The van der Waals surface area contributed by atoms with Crippen LogP contribution >= 0.6 is 11.8 Å². The molecule has 0 saturated carbocycles. The van der Waals surface area contributed by atoms with Crippen molar-refractivity contribution in [3.8, 4) is 0 Å². The lowest BCUT2D eigenvalue weighted by Crippen LogP contribution is -2.09. The number of hydrogen-bond donors (Lipinski definition) is 1. The minimum Gasteiger partial charge on any atom is -0.370 e. The lowest BCUT2D eigenvalue weighted by Gasteiger charge is -2.11. The zero-order valence-corrected chi connectivity index (χ0v) is 12.4. The highest BCUT2D eigenvalue weighted by Crippen LogP contribution is 2.33. The Kier molecular flexibility index (Phi) is 4.05. The van der Waals surface area contributed by atoms with Crippen LogP contribution in [0.4, 0.5) is 14.6 Å². The molecule has 1 aliphatic rings. The maximum Gasteiger partial charge on any atom is 0.135 e. The van der Waals surface area contributed by atoms with Crippen LogP contribution in [0.15, 0.2) is 18.2 Å². The SMILES string of the molecule is CCNc1nc(Cc2ccc(F)cc2F)nc2c1CSC2. The van der Waals surface area contributed by atoms with E-state index in [2.05, 4.69) is 15.3 Å². The zero-order chi connectivity index (χ0) is 14.8. The monoisotopic (exact) mass is 307 g/mol. The average Bonchev–Trinajstić information content (AvgIpc) is 2.91. The number of thioether (sulfide) groups is 1. The summed E-state index contributed by atoms with van der Waals surface area (Å²) in [6.07, 6.45) is 0.266. The van der Waals surface area contributed by atoms with Crippen molar-refractivity contribution in [1.82, 2.24) is 9.97 Å². The van der Waals surface area contributed by atoms with E-state index in [1.807, 2.05) is 6.92 Å². The predicted octanol–water partition coefficient (Wildman–Crippen LogP) is 3.52. The van der Waals surface area contributed by atoms with Gasteiger partial charge >= 0.3 is 0 Å². The van der Waals surface area contributed by atoms with Crippen LogP contribution in [0.3, 0.4) is 0 Å². The molecule has 3 rings (SSSR count). The fourth-order valence-corrected chi connectivity index (χ4v) is 3.37. The van der Waals surface area contributed by atoms with Crippen molar-refractivity contribution in [2.75, 3.05) is 11.9 Å². The average molecular weight is 307 g/mol. The molecule has 0 bridgehead atoms. The molecule has 0 spiro atoms. The molecule has 3 nitrogen and oxygen atoms in total. The van der Waals surface area contributed by atoms with Gasteiger partial charge in [-0.05, 0) is 18.6 Å². The summed E-state index contributed by atoms with van der Waals surface area (Å²) in [5, 5.41) is 3.24. The molecule has 2 aromatic rings. The molecular formula is C15H15F2N3S. The van der Waals surface area contributed by atoms with Crippen LogP contribution in [-0.4, -0.2) is 16.5 Å². The van der Waals surface area contributed by atoms with E-state index in [9.17, 15) is 8.78 Å². The number of nitrogens with zero attached hydrogens (tertiary/aromatic N) is 2. The molecule has 0 aliphatic carbocycles. The molecule has 1 N–H and O–H groups in total. The number of halogens is 2. The molecule has 2 heterocycles. The Morgan fingerprint density at radius 3 is 2.86 bits per heavy atom. The maximum absolute atomic E-state index is 13.7. The summed E-state index contributed by atoms with van der Waals surface area (Å²) in [4.78, 5) is 9.02. The van der Waals surface area contributed by atoms with Crippen molar-refractivity contribution >= 4 is 17.6 Å². The quantitative estimate of drug-likeness (QED) is 0.938. The van der Waals surface area contributed by atoms with Crippen LogP contribution in [0.25, 0.3) is 0 Å². The second-order valence-electron chi connectivity index (χ2n) is 4.85. The fourth-order valence-electron chi connectivity index (χ4n) is 2.33. The summed E-state index contributed by atoms with van der Waals surface area (Å²) in [5.74, 6) is 2.04. The van der Waals surface area contributed by atoms with Gasteiger partial charge < -0.3 is 5.32 Å². The third-order valence-electron chi connectivity index (χ3n) is 3.33. The van der Waals surface area contributed by atoms with Crippen molar-refractivity contribution in [3.05, 3.63) is 52.5 Å². The highest BCUT2D eigenvalue weighted by molar-refractivity contribution is 7.98. The Labute approximate surface area is 126 Å². The Morgan fingerprint density at radius 2 is 2.10 bits per heavy atom. The zero-order valence-electron chi connectivity index (χ0n) is 11.6. The van der Waals surface area contributed by atoms with Gasteiger partial charge in [-0.15, -0.1) is 0 Å². The highest BCUT2D eigenvalue weighted by atomic mass is 32.2. The first-order chi connectivity index (χ1) is 10.2. The molecule has 110 valence electrons. The van der Waals surface area contributed by atoms with Gasteiger partial charge in [0.2, 0.25) is 0 Å². The molecule has 6 heteroatoms. The van der Waals surface area contributed by atoms with E-state index < -0.39 is 11.6 Å². The molecule has 1 aromatic heterocycles. The van der Waals surface area contributed by atoms with Crippen LogP contribution in [-0.2, 0) is 17.9 Å². The Hall–Kier alpha value is -1.69. The number of nitrogens with one attached hydrogen (secondary N) is 1. The molecule has 0 amide bonds. The van der Waals surface area contributed by atoms with Crippen molar-refractivity contribution in [2.24, 2.45) is 0 Å². The second kappa shape index (κ2) is 5.97. The normalized spacial score (nSPS) is 13.3. The van der Waals surface area contributed by atoms with Crippen LogP contribution in [0.1, 0.15) is 29.6 Å². The second-order valence-corrected chi connectivity index (χ2v) is 5.83. The standard InChI is InChI=1S/C15H15F2N3S/c1-2-18-15-11-7-21-8-13(11)19-14(20-15)5-9-3-4-10(16)6-12(9)17/h3-4,6H,2,5,7-8H2,1H3,(H,18,19,20). The molecule has 21 heavy (non-hydrogen) atoms. The summed E-state index contributed by atoms with van der Waals surface area (Å²) in [6.45, 7) is 2.79. The van der Waals surface area contributed by atoms with Gasteiger partial charge in [0.05, 0.1) is 5.69 Å². The number of rotatable bonds is 4.